The predicted octanol–water partition coefficient (Wildman–Crippen LogP) is 3.71. The van der Waals surface area contributed by atoms with E-state index in [1.54, 1.807) is 17.2 Å². The second-order valence-corrected chi connectivity index (χ2v) is 9.10. The van der Waals surface area contributed by atoms with Crippen molar-refractivity contribution in [1.29, 1.82) is 0 Å². The molecule has 0 unspecified atom stereocenters. The summed E-state index contributed by atoms with van der Waals surface area (Å²) in [4.78, 5) is 28.7. The number of nitrogens with one attached hydrogen (secondary N) is 1. The zero-order chi connectivity index (χ0) is 21.3. The smallest absolute Gasteiger partial charge is 0.271 e. The maximum atomic E-state index is 13.5. The number of ether oxygens (including phenoxy) is 1. The van der Waals surface area contributed by atoms with E-state index in [2.05, 4.69) is 5.32 Å². The minimum atomic E-state index is -0.956. The van der Waals surface area contributed by atoms with Gasteiger partial charge in [-0.05, 0) is 40.0 Å². The van der Waals surface area contributed by atoms with E-state index >= 15 is 0 Å². The van der Waals surface area contributed by atoms with Gasteiger partial charge in [0.2, 0.25) is 5.91 Å². The topological polar surface area (TPSA) is 76.7 Å². The first kappa shape index (κ1) is 21.0. The third kappa shape index (κ3) is 3.87. The summed E-state index contributed by atoms with van der Waals surface area (Å²) in [5.74, 6) is -0.193. The van der Waals surface area contributed by atoms with Crippen LogP contribution in [-0.2, 0) is 16.1 Å². The van der Waals surface area contributed by atoms with E-state index in [4.69, 9.17) is 9.15 Å². The molecule has 3 heterocycles. The Morgan fingerprint density at radius 2 is 2.10 bits per heavy atom. The number of furan rings is 1. The molecule has 1 saturated carbocycles. The SMILES string of the molecule is CC(C)OCCCN1C(=O)c2cc3occc3n2C[C@@]1(C)C(=O)NC1CCCCC1. The van der Waals surface area contributed by atoms with Gasteiger partial charge < -0.3 is 23.9 Å². The van der Waals surface area contributed by atoms with Crippen molar-refractivity contribution in [1.82, 2.24) is 14.8 Å². The van der Waals surface area contributed by atoms with Gasteiger partial charge in [0.1, 0.15) is 11.2 Å². The molecule has 4 rings (SSSR count). The third-order valence-electron chi connectivity index (χ3n) is 6.46. The van der Waals surface area contributed by atoms with Crippen LogP contribution in [0.5, 0.6) is 0 Å². The van der Waals surface area contributed by atoms with Crippen molar-refractivity contribution in [2.45, 2.75) is 83.5 Å². The number of hydrogen-bond acceptors (Lipinski definition) is 4. The molecular weight excluding hydrogens is 382 g/mol. The molecule has 1 fully saturated rings. The zero-order valence-corrected chi connectivity index (χ0v) is 18.3. The molecule has 30 heavy (non-hydrogen) atoms. The quantitative estimate of drug-likeness (QED) is 0.700. The van der Waals surface area contributed by atoms with Crippen molar-refractivity contribution in [3.63, 3.8) is 0 Å². The van der Waals surface area contributed by atoms with Crippen molar-refractivity contribution in [2.75, 3.05) is 13.2 Å². The summed E-state index contributed by atoms with van der Waals surface area (Å²) in [6.07, 6.45) is 8.01. The van der Waals surface area contributed by atoms with Gasteiger partial charge in [-0.2, -0.15) is 0 Å². The van der Waals surface area contributed by atoms with Gasteiger partial charge in [-0.15, -0.1) is 0 Å². The minimum absolute atomic E-state index is 0.0662. The predicted molar refractivity (Wildman–Crippen MR) is 114 cm³/mol. The molecule has 1 atom stereocenters. The van der Waals surface area contributed by atoms with Crippen molar-refractivity contribution in [3.8, 4) is 0 Å². The van der Waals surface area contributed by atoms with Gasteiger partial charge in [0.25, 0.3) is 5.91 Å². The Kier molecular flexibility index (Phi) is 5.91. The Balaban J connectivity index is 1.60. The Labute approximate surface area is 177 Å². The number of carbonyl (C=O) groups excluding carboxylic acids is 2. The number of fused-ring (bicyclic) bond motifs is 3. The molecule has 7 nitrogen and oxygen atoms in total. The summed E-state index contributed by atoms with van der Waals surface area (Å²) >= 11 is 0. The van der Waals surface area contributed by atoms with Crippen molar-refractivity contribution >= 4 is 22.9 Å². The summed E-state index contributed by atoms with van der Waals surface area (Å²) < 4.78 is 13.1. The first-order valence-electron chi connectivity index (χ1n) is 11.2. The van der Waals surface area contributed by atoms with E-state index in [0.29, 0.717) is 37.4 Å². The van der Waals surface area contributed by atoms with Crippen LogP contribution in [0.2, 0.25) is 0 Å². The fourth-order valence-electron chi connectivity index (χ4n) is 4.75. The van der Waals surface area contributed by atoms with Crippen LogP contribution < -0.4 is 5.32 Å². The zero-order valence-electron chi connectivity index (χ0n) is 18.3. The van der Waals surface area contributed by atoms with Gasteiger partial charge in [-0.25, -0.2) is 0 Å². The van der Waals surface area contributed by atoms with Crippen LogP contribution in [0, 0.1) is 0 Å². The van der Waals surface area contributed by atoms with Crippen molar-refractivity contribution < 1.29 is 18.7 Å². The number of hydrogen-bond donors (Lipinski definition) is 1. The Morgan fingerprint density at radius 1 is 1.33 bits per heavy atom. The van der Waals surface area contributed by atoms with E-state index in [1.165, 1.54) is 6.42 Å². The molecule has 7 heteroatoms. The highest BCUT2D eigenvalue weighted by Crippen LogP contribution is 2.33. The molecule has 1 aliphatic carbocycles. The van der Waals surface area contributed by atoms with Crippen LogP contribution in [0.15, 0.2) is 22.8 Å². The summed E-state index contributed by atoms with van der Waals surface area (Å²) in [6, 6.07) is 3.84. The van der Waals surface area contributed by atoms with Crippen LogP contribution in [0.3, 0.4) is 0 Å². The molecule has 2 aromatic rings. The van der Waals surface area contributed by atoms with E-state index in [0.717, 1.165) is 31.2 Å². The Morgan fingerprint density at radius 3 is 2.83 bits per heavy atom. The van der Waals surface area contributed by atoms with Crippen LogP contribution in [0.1, 0.15) is 69.8 Å². The van der Waals surface area contributed by atoms with Crippen molar-refractivity contribution in [2.24, 2.45) is 0 Å². The molecule has 2 aliphatic rings. The average molecular weight is 416 g/mol. The lowest BCUT2D eigenvalue weighted by molar-refractivity contribution is -0.134. The molecule has 0 bridgehead atoms. The molecule has 0 radical (unpaired) electrons. The lowest BCUT2D eigenvalue weighted by Gasteiger charge is -2.44. The number of nitrogens with zero attached hydrogens (tertiary/aromatic N) is 2. The van der Waals surface area contributed by atoms with Crippen molar-refractivity contribution in [3.05, 3.63) is 24.1 Å². The number of carbonyl (C=O) groups is 2. The number of rotatable bonds is 7. The highest BCUT2D eigenvalue weighted by Gasteiger charge is 2.48. The molecule has 1 aliphatic heterocycles. The summed E-state index contributed by atoms with van der Waals surface area (Å²) in [6.45, 7) is 7.34. The summed E-state index contributed by atoms with van der Waals surface area (Å²) in [5, 5.41) is 3.25. The van der Waals surface area contributed by atoms with E-state index in [9.17, 15) is 9.59 Å². The van der Waals surface area contributed by atoms with E-state index < -0.39 is 5.54 Å². The first-order chi connectivity index (χ1) is 14.4. The van der Waals surface area contributed by atoms with Gasteiger partial charge in [0.05, 0.1) is 24.4 Å². The van der Waals surface area contributed by atoms with Crippen LogP contribution in [0.25, 0.3) is 11.1 Å². The molecule has 2 amide bonds. The standard InChI is InChI=1S/C23H33N3O4/c1-16(2)29-12-7-11-26-21(27)19-14-20-18(10-13-30-20)25(19)15-23(26,3)22(28)24-17-8-5-4-6-9-17/h10,13-14,16-17H,4-9,11-12,15H2,1-3H3,(H,24,28)/t23-/m0/s1. The molecular formula is C23H33N3O4. The highest BCUT2D eigenvalue weighted by molar-refractivity contribution is 6.02. The van der Waals surface area contributed by atoms with Crippen LogP contribution >= 0.6 is 0 Å². The third-order valence-corrected chi connectivity index (χ3v) is 6.46. The van der Waals surface area contributed by atoms with Gasteiger partial charge in [0, 0.05) is 31.3 Å². The van der Waals surface area contributed by atoms with Gasteiger partial charge in [-0.3, -0.25) is 9.59 Å². The minimum Gasteiger partial charge on any atom is -0.463 e. The Hall–Kier alpha value is -2.28. The van der Waals surface area contributed by atoms with Crippen LogP contribution in [-0.4, -0.2) is 52.1 Å². The van der Waals surface area contributed by atoms with Gasteiger partial charge in [-0.1, -0.05) is 19.3 Å². The molecule has 2 aromatic heterocycles. The maximum Gasteiger partial charge on any atom is 0.271 e. The Bertz CT molecular complexity index is 909. The first-order valence-corrected chi connectivity index (χ1v) is 11.2. The lowest BCUT2D eigenvalue weighted by Crippen LogP contribution is -2.65. The van der Waals surface area contributed by atoms with E-state index in [1.807, 2.05) is 31.4 Å². The largest absolute Gasteiger partial charge is 0.463 e. The van der Waals surface area contributed by atoms with Gasteiger partial charge >= 0.3 is 0 Å². The molecule has 0 aromatic carbocycles. The summed E-state index contributed by atoms with van der Waals surface area (Å²) in [7, 11) is 0. The lowest BCUT2D eigenvalue weighted by atomic mass is 9.91. The summed E-state index contributed by atoms with van der Waals surface area (Å²) in [5.41, 5.74) is 1.16. The normalized spacial score (nSPS) is 22.7. The molecule has 0 saturated heterocycles. The molecule has 0 spiro atoms. The fraction of sp³-hybridized carbons (Fsp3) is 0.652. The maximum absolute atomic E-state index is 13.5. The number of aromatic nitrogens is 1. The van der Waals surface area contributed by atoms with Crippen LogP contribution in [0.4, 0.5) is 0 Å². The average Bonchev–Trinajstić information content (AvgIpc) is 3.30. The highest BCUT2D eigenvalue weighted by atomic mass is 16.5. The second kappa shape index (κ2) is 8.46. The fourth-order valence-corrected chi connectivity index (χ4v) is 4.75. The van der Waals surface area contributed by atoms with Gasteiger partial charge in [0.15, 0.2) is 5.58 Å². The molecule has 164 valence electrons. The molecule has 1 N–H and O–H groups in total. The van der Waals surface area contributed by atoms with E-state index in [-0.39, 0.29) is 24.0 Å². The second-order valence-electron chi connectivity index (χ2n) is 9.10. The number of amides is 2. The monoisotopic (exact) mass is 415 g/mol.